The summed E-state index contributed by atoms with van der Waals surface area (Å²) in [7, 11) is 2.15. The Bertz CT molecular complexity index is 1820. The van der Waals surface area contributed by atoms with Crippen LogP contribution in [0.3, 0.4) is 0 Å². The highest BCUT2D eigenvalue weighted by Crippen LogP contribution is 2.42. The van der Waals surface area contributed by atoms with Crippen molar-refractivity contribution in [1.29, 1.82) is 0 Å². The monoisotopic (exact) mass is 669 g/mol. The molecular weight excluding hydrogens is 622 g/mol. The van der Waals surface area contributed by atoms with Gasteiger partial charge in [0.05, 0.1) is 18.8 Å². The highest BCUT2D eigenvalue weighted by Gasteiger charge is 2.39. The van der Waals surface area contributed by atoms with Crippen LogP contribution >= 0.6 is 0 Å². The molecule has 7 nitrogen and oxygen atoms in total. The fourth-order valence-electron chi connectivity index (χ4n) is 6.50. The Hall–Kier alpha value is -4.79. The summed E-state index contributed by atoms with van der Waals surface area (Å²) in [6.07, 6.45) is -0.867. The summed E-state index contributed by atoms with van der Waals surface area (Å²) in [5, 5.41) is 15.5. The van der Waals surface area contributed by atoms with Gasteiger partial charge in [0, 0.05) is 37.2 Å². The number of hydrogen-bond acceptors (Lipinski definition) is 5. The van der Waals surface area contributed by atoms with Gasteiger partial charge in [-0.15, -0.1) is 0 Å². The number of aliphatic hydroxyl groups is 1. The van der Waals surface area contributed by atoms with Gasteiger partial charge < -0.3 is 25.2 Å². The lowest BCUT2D eigenvalue weighted by atomic mass is 9.89. The third-order valence-electron chi connectivity index (χ3n) is 9.70. The van der Waals surface area contributed by atoms with E-state index in [1.54, 1.807) is 0 Å². The van der Waals surface area contributed by atoms with Crippen LogP contribution in [0.4, 0.5) is 4.79 Å². The first-order valence-corrected chi connectivity index (χ1v) is 17.4. The van der Waals surface area contributed by atoms with E-state index >= 15 is 0 Å². The van der Waals surface area contributed by atoms with Crippen molar-refractivity contribution in [2.75, 3.05) is 13.6 Å². The van der Waals surface area contributed by atoms with Crippen LogP contribution in [-0.4, -0.2) is 35.7 Å². The van der Waals surface area contributed by atoms with E-state index in [0.717, 1.165) is 45.5 Å². The molecule has 1 saturated heterocycles. The van der Waals surface area contributed by atoms with E-state index in [1.165, 1.54) is 5.56 Å². The van der Waals surface area contributed by atoms with Crippen molar-refractivity contribution in [3.8, 4) is 11.1 Å². The first kappa shape index (κ1) is 35.1. The number of amides is 2. The maximum Gasteiger partial charge on any atom is 0.315 e. The van der Waals surface area contributed by atoms with Gasteiger partial charge in [-0.05, 0) is 65.0 Å². The van der Waals surface area contributed by atoms with Gasteiger partial charge in [-0.25, -0.2) is 4.79 Å². The van der Waals surface area contributed by atoms with E-state index in [2.05, 4.69) is 103 Å². The minimum absolute atomic E-state index is 0.00337. The number of likely N-dealkylation sites (N-methyl/N-ethyl adjacent to an activating group) is 1. The second kappa shape index (κ2) is 16.7. The number of nitrogens with one attached hydrogen (secondary N) is 2. The molecular formula is C43H47N3O4. The van der Waals surface area contributed by atoms with Crippen molar-refractivity contribution in [2.24, 2.45) is 5.92 Å². The maximum absolute atomic E-state index is 12.5. The molecule has 0 aliphatic carbocycles. The van der Waals surface area contributed by atoms with Crippen LogP contribution in [0.1, 0.15) is 65.7 Å². The molecule has 5 atom stereocenters. The Kier molecular flexibility index (Phi) is 11.7. The summed E-state index contributed by atoms with van der Waals surface area (Å²) >= 11 is 0. The van der Waals surface area contributed by atoms with Gasteiger partial charge in [0.15, 0.2) is 6.29 Å². The number of hydrogen-bond donors (Lipinski definition) is 3. The minimum atomic E-state index is -0.572. The van der Waals surface area contributed by atoms with Gasteiger partial charge >= 0.3 is 6.03 Å². The molecule has 1 fully saturated rings. The van der Waals surface area contributed by atoms with E-state index in [1.807, 2.05) is 66.7 Å². The highest BCUT2D eigenvalue weighted by atomic mass is 16.7. The maximum atomic E-state index is 12.5. The molecule has 258 valence electrons. The van der Waals surface area contributed by atoms with E-state index in [0.29, 0.717) is 13.1 Å². The van der Waals surface area contributed by atoms with Crippen LogP contribution in [0.5, 0.6) is 0 Å². The topological polar surface area (TPSA) is 83.1 Å². The second-order valence-corrected chi connectivity index (χ2v) is 13.2. The number of urea groups is 1. The molecule has 3 N–H and O–H groups in total. The number of carbonyl (C=O) groups is 1. The van der Waals surface area contributed by atoms with Crippen molar-refractivity contribution in [3.63, 3.8) is 0 Å². The number of aliphatic hydroxyl groups excluding tert-OH is 1. The highest BCUT2D eigenvalue weighted by molar-refractivity contribution is 5.74. The van der Waals surface area contributed by atoms with Gasteiger partial charge in [0.1, 0.15) is 0 Å². The molecule has 0 saturated carbocycles. The summed E-state index contributed by atoms with van der Waals surface area (Å²) < 4.78 is 13.6. The minimum Gasteiger partial charge on any atom is -0.392 e. The lowest BCUT2D eigenvalue weighted by Crippen LogP contribution is -2.44. The van der Waals surface area contributed by atoms with E-state index in [4.69, 9.17) is 9.47 Å². The lowest BCUT2D eigenvalue weighted by molar-refractivity contribution is -0.276. The molecule has 1 aliphatic rings. The van der Waals surface area contributed by atoms with Crippen LogP contribution in [-0.2, 0) is 29.2 Å². The van der Waals surface area contributed by atoms with Crippen molar-refractivity contribution < 1.29 is 19.4 Å². The van der Waals surface area contributed by atoms with Gasteiger partial charge in [-0.2, -0.15) is 0 Å². The van der Waals surface area contributed by atoms with Crippen LogP contribution in [0, 0.1) is 5.92 Å². The van der Waals surface area contributed by atoms with E-state index < -0.39 is 6.29 Å². The smallest absolute Gasteiger partial charge is 0.315 e. The normalized spacial score (nSPS) is 19.5. The Morgan fingerprint density at radius 3 is 2.04 bits per heavy atom. The Labute approximate surface area is 295 Å². The number of ether oxygens (including phenoxy) is 2. The second-order valence-electron chi connectivity index (χ2n) is 13.2. The SMILES string of the molecule is CC1C(CN(C)C(C)c2ccccc2)OC(c2cccc(-c3cccc(CNC(=O)NCc4ccccc4)c3)c2)OC1c1ccc(CO)cc1. The summed E-state index contributed by atoms with van der Waals surface area (Å²) in [6.45, 7) is 6.05. The quantitative estimate of drug-likeness (QED) is 0.124. The summed E-state index contributed by atoms with van der Waals surface area (Å²) in [5.74, 6) is 0.0777. The third-order valence-corrected chi connectivity index (χ3v) is 9.70. The molecule has 2 amide bonds. The van der Waals surface area contributed by atoms with Gasteiger partial charge in [-0.3, -0.25) is 4.90 Å². The van der Waals surface area contributed by atoms with Gasteiger partial charge in [-0.1, -0.05) is 128 Å². The molecule has 0 bridgehead atoms. The van der Waals surface area contributed by atoms with Crippen LogP contribution in [0.15, 0.2) is 133 Å². The molecule has 5 unspecified atom stereocenters. The van der Waals surface area contributed by atoms with Crippen LogP contribution in [0.2, 0.25) is 0 Å². The predicted molar refractivity (Wildman–Crippen MR) is 198 cm³/mol. The molecule has 1 aliphatic heterocycles. The largest absolute Gasteiger partial charge is 0.392 e. The molecule has 7 heteroatoms. The van der Waals surface area contributed by atoms with Crippen molar-refractivity contribution >= 4 is 6.03 Å². The standard InChI is InChI=1S/C43H47N3O4/c1-30-40(28-46(3)31(2)35-15-8-5-9-16-35)49-42(50-41(30)36-22-20-33(29-47)21-23-36)39-19-11-18-38(25-39)37-17-10-14-34(24-37)27-45-43(48)44-26-32-12-6-4-7-13-32/h4-25,30-31,40-42,47H,26-29H2,1-3H3,(H2,44,45,48). The van der Waals surface area contributed by atoms with Gasteiger partial charge in [0.25, 0.3) is 0 Å². The molecule has 0 radical (unpaired) electrons. The number of nitrogens with zero attached hydrogens (tertiary/aromatic N) is 1. The molecule has 0 aromatic heterocycles. The number of carbonyl (C=O) groups excluding carboxylic acids is 1. The van der Waals surface area contributed by atoms with Crippen molar-refractivity contribution in [1.82, 2.24) is 15.5 Å². The van der Waals surface area contributed by atoms with Crippen molar-refractivity contribution in [3.05, 3.63) is 167 Å². The zero-order valence-corrected chi connectivity index (χ0v) is 29.0. The molecule has 1 heterocycles. The average Bonchev–Trinajstić information content (AvgIpc) is 3.17. The molecule has 5 aromatic carbocycles. The first-order chi connectivity index (χ1) is 24.4. The van der Waals surface area contributed by atoms with Crippen LogP contribution in [0.25, 0.3) is 11.1 Å². The Morgan fingerprint density at radius 2 is 1.34 bits per heavy atom. The zero-order valence-electron chi connectivity index (χ0n) is 29.0. The summed E-state index contributed by atoms with van der Waals surface area (Å²) in [5.41, 5.74) is 8.29. The fraction of sp³-hybridized carbons (Fsp3) is 0.279. The number of rotatable bonds is 12. The molecule has 50 heavy (non-hydrogen) atoms. The Balaban J connectivity index is 1.18. The van der Waals surface area contributed by atoms with Crippen LogP contribution < -0.4 is 10.6 Å². The Morgan fingerprint density at radius 1 is 0.720 bits per heavy atom. The third kappa shape index (κ3) is 8.86. The van der Waals surface area contributed by atoms with Gasteiger partial charge in [0.2, 0.25) is 0 Å². The lowest BCUT2D eigenvalue weighted by Gasteiger charge is -2.43. The average molecular weight is 670 g/mol. The van der Waals surface area contributed by atoms with E-state index in [9.17, 15) is 9.90 Å². The summed E-state index contributed by atoms with van der Waals surface area (Å²) in [6, 6.07) is 45.0. The predicted octanol–water partition coefficient (Wildman–Crippen LogP) is 8.33. The number of benzene rings is 5. The van der Waals surface area contributed by atoms with E-state index in [-0.39, 0.29) is 36.8 Å². The fourth-order valence-corrected chi connectivity index (χ4v) is 6.50. The molecule has 6 rings (SSSR count). The van der Waals surface area contributed by atoms with Crippen molar-refractivity contribution in [2.45, 2.75) is 58.1 Å². The molecule has 0 spiro atoms. The zero-order chi connectivity index (χ0) is 34.9. The molecule has 5 aromatic rings. The summed E-state index contributed by atoms with van der Waals surface area (Å²) in [4.78, 5) is 14.8. The first-order valence-electron chi connectivity index (χ1n) is 17.4.